The third-order valence-corrected chi connectivity index (χ3v) is 5.51. The van der Waals surface area contributed by atoms with Gasteiger partial charge in [-0.2, -0.15) is 18.2 Å². The van der Waals surface area contributed by atoms with Gasteiger partial charge in [-0.25, -0.2) is 14.5 Å². The van der Waals surface area contributed by atoms with Gasteiger partial charge in [-0.3, -0.25) is 4.79 Å². The number of carbonyl (C=O) groups is 1. The fraction of sp³-hybridized carbons (Fsp3) is 0.316. The van der Waals surface area contributed by atoms with Crippen molar-refractivity contribution in [1.82, 2.24) is 29.9 Å². The molecule has 31 heavy (non-hydrogen) atoms. The lowest BCUT2D eigenvalue weighted by atomic mass is 10.1. The first-order valence-electron chi connectivity index (χ1n) is 9.27. The molecular weight excluding hydrogens is 433 g/mol. The molecule has 12 heteroatoms. The van der Waals surface area contributed by atoms with E-state index in [1.54, 1.807) is 13.8 Å². The smallest absolute Gasteiger partial charge is 0.443 e. The number of thiophene rings is 1. The number of fused-ring (bicyclic) bond motifs is 1. The van der Waals surface area contributed by atoms with E-state index in [-0.39, 0.29) is 24.7 Å². The fourth-order valence-corrected chi connectivity index (χ4v) is 3.76. The molecule has 4 heterocycles. The van der Waals surface area contributed by atoms with E-state index >= 15 is 0 Å². The van der Waals surface area contributed by atoms with Gasteiger partial charge in [0.05, 0.1) is 17.1 Å². The number of carbonyl (C=O) groups excluding carboxylic acids is 1. The van der Waals surface area contributed by atoms with Gasteiger partial charge in [-0.05, 0) is 37.3 Å². The SMILES string of the molecule is Cc1nc2nc(C(F)(F)F)nn2c(C)c1CCC(=O)NCc1coc(-c2cccs2)n1. The lowest BCUT2D eigenvalue weighted by Gasteiger charge is -2.10. The normalized spacial score (nSPS) is 11.9. The summed E-state index contributed by atoms with van der Waals surface area (Å²) in [4.78, 5) is 25.1. The zero-order valence-electron chi connectivity index (χ0n) is 16.5. The average Bonchev–Trinajstić information content (AvgIpc) is 3.44. The van der Waals surface area contributed by atoms with Gasteiger partial charge in [0, 0.05) is 17.8 Å². The predicted octanol–water partition coefficient (Wildman–Crippen LogP) is 3.73. The van der Waals surface area contributed by atoms with E-state index in [2.05, 4.69) is 25.4 Å². The van der Waals surface area contributed by atoms with Crippen LogP contribution >= 0.6 is 11.3 Å². The zero-order valence-corrected chi connectivity index (χ0v) is 17.3. The molecule has 0 bridgehead atoms. The standard InChI is InChI=1S/C19H17F3N6O2S/c1-10-13(11(2)28-18(24-10)26-17(27-28)19(20,21)22)5-6-15(29)23-8-12-9-30-16(25-12)14-4-3-7-31-14/h3-4,7,9H,5-6,8H2,1-2H3,(H,23,29). The van der Waals surface area contributed by atoms with Crippen molar-refractivity contribution in [2.75, 3.05) is 0 Å². The quantitative estimate of drug-likeness (QED) is 0.481. The second-order valence-corrected chi connectivity index (χ2v) is 7.75. The van der Waals surface area contributed by atoms with Gasteiger partial charge in [0.15, 0.2) is 0 Å². The largest absolute Gasteiger partial charge is 0.453 e. The Hall–Kier alpha value is -3.28. The Morgan fingerprint density at radius 3 is 2.77 bits per heavy atom. The number of nitrogens with one attached hydrogen (secondary N) is 1. The highest BCUT2D eigenvalue weighted by atomic mass is 32.1. The summed E-state index contributed by atoms with van der Waals surface area (Å²) in [6.07, 6.45) is -2.73. The Kier molecular flexibility index (Phi) is 5.48. The van der Waals surface area contributed by atoms with Crippen LogP contribution in [-0.4, -0.2) is 30.5 Å². The van der Waals surface area contributed by atoms with Gasteiger partial charge < -0.3 is 9.73 Å². The van der Waals surface area contributed by atoms with Crippen molar-refractivity contribution >= 4 is 23.0 Å². The summed E-state index contributed by atoms with van der Waals surface area (Å²) in [5.41, 5.74) is 2.23. The Morgan fingerprint density at radius 1 is 1.26 bits per heavy atom. The van der Waals surface area contributed by atoms with Crippen LogP contribution in [0.25, 0.3) is 16.5 Å². The minimum Gasteiger partial charge on any atom is -0.443 e. The number of hydrogen-bond acceptors (Lipinski definition) is 7. The number of alkyl halides is 3. The van der Waals surface area contributed by atoms with Crippen molar-refractivity contribution in [2.24, 2.45) is 0 Å². The number of rotatable bonds is 6. The molecule has 0 aliphatic heterocycles. The molecule has 4 aromatic rings. The summed E-state index contributed by atoms with van der Waals surface area (Å²) in [5.74, 6) is -1.10. The van der Waals surface area contributed by atoms with Crippen molar-refractivity contribution in [3.05, 3.63) is 52.2 Å². The monoisotopic (exact) mass is 450 g/mol. The molecular formula is C19H17F3N6O2S. The van der Waals surface area contributed by atoms with E-state index in [1.807, 2.05) is 17.5 Å². The van der Waals surface area contributed by atoms with Crippen molar-refractivity contribution in [1.29, 1.82) is 0 Å². The number of hydrogen-bond donors (Lipinski definition) is 1. The summed E-state index contributed by atoms with van der Waals surface area (Å²) >= 11 is 1.50. The molecule has 0 saturated heterocycles. The van der Waals surface area contributed by atoms with E-state index in [1.165, 1.54) is 17.6 Å². The Labute approximate surface area is 178 Å². The summed E-state index contributed by atoms with van der Waals surface area (Å²) in [5, 5.41) is 8.19. The van der Waals surface area contributed by atoms with Crippen molar-refractivity contribution in [3.63, 3.8) is 0 Å². The first-order chi connectivity index (χ1) is 14.7. The Bertz CT molecular complexity index is 1230. The molecule has 4 rings (SSSR count). The van der Waals surface area contributed by atoms with Crippen molar-refractivity contribution in [2.45, 2.75) is 39.4 Å². The first kappa shape index (κ1) is 21.0. The van der Waals surface area contributed by atoms with Gasteiger partial charge in [0.2, 0.25) is 11.8 Å². The van der Waals surface area contributed by atoms with Crippen LogP contribution in [-0.2, 0) is 23.9 Å². The first-order valence-corrected chi connectivity index (χ1v) is 10.2. The molecule has 0 aromatic carbocycles. The molecule has 0 saturated carbocycles. The van der Waals surface area contributed by atoms with Crippen LogP contribution in [0.2, 0.25) is 0 Å². The fourth-order valence-electron chi connectivity index (χ4n) is 3.11. The second kappa shape index (κ2) is 8.10. The highest BCUT2D eigenvalue weighted by Gasteiger charge is 2.37. The van der Waals surface area contributed by atoms with Crippen LogP contribution in [0.3, 0.4) is 0 Å². The number of amides is 1. The molecule has 1 amide bonds. The lowest BCUT2D eigenvalue weighted by Crippen LogP contribution is -2.23. The molecule has 162 valence electrons. The minimum absolute atomic E-state index is 0.122. The third-order valence-electron chi connectivity index (χ3n) is 4.65. The number of halogens is 3. The number of oxazole rings is 1. The lowest BCUT2D eigenvalue weighted by molar-refractivity contribution is -0.144. The van der Waals surface area contributed by atoms with Crippen LogP contribution in [0.1, 0.15) is 34.9 Å². The number of nitrogens with zero attached hydrogens (tertiary/aromatic N) is 5. The van der Waals surface area contributed by atoms with Crippen molar-refractivity contribution < 1.29 is 22.4 Å². The maximum Gasteiger partial charge on any atom is 0.453 e. The van der Waals surface area contributed by atoms with Crippen LogP contribution in [0.15, 0.2) is 28.2 Å². The third kappa shape index (κ3) is 4.43. The van der Waals surface area contributed by atoms with E-state index in [9.17, 15) is 18.0 Å². The van der Waals surface area contributed by atoms with Gasteiger partial charge >= 0.3 is 6.18 Å². The molecule has 0 atom stereocenters. The predicted molar refractivity (Wildman–Crippen MR) is 105 cm³/mol. The number of aryl methyl sites for hydroxylation is 2. The summed E-state index contributed by atoms with van der Waals surface area (Å²) < 4.78 is 45.1. The second-order valence-electron chi connectivity index (χ2n) is 6.80. The average molecular weight is 450 g/mol. The molecule has 4 aromatic heterocycles. The van der Waals surface area contributed by atoms with Crippen LogP contribution in [0.4, 0.5) is 13.2 Å². The van der Waals surface area contributed by atoms with Gasteiger partial charge in [0.1, 0.15) is 6.26 Å². The Morgan fingerprint density at radius 2 is 2.06 bits per heavy atom. The van der Waals surface area contributed by atoms with Gasteiger partial charge in [-0.1, -0.05) is 6.07 Å². The maximum atomic E-state index is 12.9. The molecule has 0 spiro atoms. The van der Waals surface area contributed by atoms with Crippen LogP contribution < -0.4 is 5.32 Å². The van der Waals surface area contributed by atoms with E-state index < -0.39 is 12.0 Å². The highest BCUT2D eigenvalue weighted by Crippen LogP contribution is 2.27. The van der Waals surface area contributed by atoms with E-state index in [0.717, 1.165) is 9.39 Å². The maximum absolute atomic E-state index is 12.9. The summed E-state index contributed by atoms with van der Waals surface area (Å²) in [6.45, 7) is 3.51. The van der Waals surface area contributed by atoms with Crippen LogP contribution in [0, 0.1) is 13.8 Å². The molecule has 0 unspecified atom stereocenters. The highest BCUT2D eigenvalue weighted by molar-refractivity contribution is 7.13. The molecule has 0 fully saturated rings. The molecule has 0 aliphatic rings. The van der Waals surface area contributed by atoms with Crippen LogP contribution in [0.5, 0.6) is 0 Å². The van der Waals surface area contributed by atoms with E-state index in [4.69, 9.17) is 4.42 Å². The Balaban J connectivity index is 1.40. The topological polar surface area (TPSA) is 98.2 Å². The summed E-state index contributed by atoms with van der Waals surface area (Å²) in [7, 11) is 0. The molecule has 0 radical (unpaired) electrons. The van der Waals surface area contributed by atoms with Gasteiger partial charge in [-0.15, -0.1) is 16.4 Å². The van der Waals surface area contributed by atoms with Gasteiger partial charge in [0.25, 0.3) is 11.6 Å². The summed E-state index contributed by atoms with van der Waals surface area (Å²) in [6, 6.07) is 3.78. The minimum atomic E-state index is -4.65. The molecule has 0 aliphatic carbocycles. The van der Waals surface area contributed by atoms with E-state index in [0.29, 0.717) is 35.0 Å². The van der Waals surface area contributed by atoms with Crippen molar-refractivity contribution in [3.8, 4) is 10.8 Å². The molecule has 1 N–H and O–H groups in total. The number of aromatic nitrogens is 5. The zero-order chi connectivity index (χ0) is 22.2. The molecule has 8 nitrogen and oxygen atoms in total.